The number of anilines is 2. The van der Waals surface area contributed by atoms with Crippen molar-refractivity contribution >= 4 is 40.6 Å². The third-order valence-corrected chi connectivity index (χ3v) is 3.49. The van der Waals surface area contributed by atoms with Crippen LogP contribution in [0.4, 0.5) is 22.7 Å². The maximum absolute atomic E-state index is 10.8. The number of hydrogen-bond donors (Lipinski definition) is 3. The molecular weight excluding hydrogens is 384 g/mol. The molecule has 12 heteroatoms. The number of carboxylic acid groups (broad SMARTS) is 1. The molecule has 0 atom stereocenters. The highest BCUT2D eigenvalue weighted by Gasteiger charge is 2.06. The number of aliphatic carboxylic acids is 1. The molecule has 150 valence electrons. The average molecular weight is 400 g/mol. The van der Waals surface area contributed by atoms with Crippen LogP contribution in [0.3, 0.4) is 0 Å². The zero-order chi connectivity index (χ0) is 21.2. The smallest absolute Gasteiger partial charge is 0.303 e. The lowest BCUT2D eigenvalue weighted by atomic mass is 10.2. The highest BCUT2D eigenvalue weighted by Crippen LogP contribution is 2.16. The Morgan fingerprint density at radius 3 is 1.83 bits per heavy atom. The van der Waals surface area contributed by atoms with Crippen molar-refractivity contribution in [3.05, 3.63) is 68.8 Å². The number of nitro groups is 2. The molecule has 0 unspecified atom stereocenters. The van der Waals surface area contributed by atoms with Gasteiger partial charge in [0.1, 0.15) is 0 Å². The summed E-state index contributed by atoms with van der Waals surface area (Å²) in [5.41, 5.74) is 6.49. The molecule has 0 aliphatic rings. The van der Waals surface area contributed by atoms with E-state index in [1.165, 1.54) is 54.7 Å². The molecule has 2 aromatic rings. The quantitative estimate of drug-likeness (QED) is 0.310. The summed E-state index contributed by atoms with van der Waals surface area (Å²) in [6.07, 6.45) is 1.22. The van der Waals surface area contributed by atoms with E-state index in [-0.39, 0.29) is 24.2 Å². The molecule has 12 nitrogen and oxygen atoms in total. The summed E-state index contributed by atoms with van der Waals surface area (Å²) >= 11 is 0. The maximum Gasteiger partial charge on any atom is 0.303 e. The van der Waals surface area contributed by atoms with Gasteiger partial charge in [-0.1, -0.05) is 0 Å². The summed E-state index contributed by atoms with van der Waals surface area (Å²) in [6.45, 7) is 0. The molecule has 0 bridgehead atoms. The van der Waals surface area contributed by atoms with Gasteiger partial charge in [-0.25, -0.2) is 0 Å². The number of nitrogens with zero attached hydrogens (tertiary/aromatic N) is 4. The third kappa shape index (κ3) is 7.05. The SMILES string of the molecule is O=C(O)CCC(/C=N\Nc1ccc([N+](=O)[O-])cc1)=N\Nc1ccc([N+](=O)[O-])cc1. The number of hydrogen-bond acceptors (Lipinski definition) is 9. The molecule has 0 saturated heterocycles. The number of rotatable bonds is 10. The van der Waals surface area contributed by atoms with Crippen LogP contribution in [-0.2, 0) is 4.79 Å². The maximum atomic E-state index is 10.8. The third-order valence-electron chi connectivity index (χ3n) is 3.49. The summed E-state index contributed by atoms with van der Waals surface area (Å²) in [7, 11) is 0. The fourth-order valence-corrected chi connectivity index (χ4v) is 2.02. The molecule has 29 heavy (non-hydrogen) atoms. The predicted molar refractivity (Wildman–Crippen MR) is 106 cm³/mol. The number of nitrogens with one attached hydrogen (secondary N) is 2. The standard InChI is InChI=1S/C17H16N6O6/c24-17(25)10-5-14(21-20-13-3-8-16(9-4-13)23(28)29)11-18-19-12-1-6-15(7-2-12)22(26)27/h1-4,6-9,11,19-20H,5,10H2,(H,24,25)/b18-11-,21-14+. The van der Waals surface area contributed by atoms with Crippen molar-refractivity contribution in [1.82, 2.24) is 0 Å². The van der Waals surface area contributed by atoms with Gasteiger partial charge in [0.2, 0.25) is 0 Å². The Balaban J connectivity index is 2.04. The second kappa shape index (κ2) is 10.1. The number of nitro benzene ring substituents is 2. The number of benzene rings is 2. The zero-order valence-electron chi connectivity index (χ0n) is 14.9. The largest absolute Gasteiger partial charge is 0.481 e. The van der Waals surface area contributed by atoms with Crippen LogP contribution in [0.2, 0.25) is 0 Å². The van der Waals surface area contributed by atoms with Crippen molar-refractivity contribution in [3.8, 4) is 0 Å². The first-order valence-electron chi connectivity index (χ1n) is 8.17. The lowest BCUT2D eigenvalue weighted by Gasteiger charge is -2.04. The van der Waals surface area contributed by atoms with E-state index in [2.05, 4.69) is 21.1 Å². The van der Waals surface area contributed by atoms with Gasteiger partial charge in [-0.3, -0.25) is 35.9 Å². The molecular formula is C17H16N6O6. The van der Waals surface area contributed by atoms with Crippen molar-refractivity contribution in [3.63, 3.8) is 0 Å². The summed E-state index contributed by atoms with van der Waals surface area (Å²) < 4.78 is 0. The van der Waals surface area contributed by atoms with Crippen molar-refractivity contribution in [2.24, 2.45) is 10.2 Å². The van der Waals surface area contributed by atoms with E-state index < -0.39 is 15.8 Å². The molecule has 0 spiro atoms. The molecule has 0 radical (unpaired) electrons. The van der Waals surface area contributed by atoms with Crippen molar-refractivity contribution in [2.45, 2.75) is 12.8 Å². The van der Waals surface area contributed by atoms with Crippen LogP contribution >= 0.6 is 0 Å². The van der Waals surface area contributed by atoms with Crippen LogP contribution in [0.25, 0.3) is 0 Å². The molecule has 0 fully saturated rings. The van der Waals surface area contributed by atoms with E-state index in [1.807, 2.05) is 0 Å². The molecule has 0 amide bonds. The monoisotopic (exact) mass is 400 g/mol. The Morgan fingerprint density at radius 1 is 0.897 bits per heavy atom. The first-order chi connectivity index (χ1) is 13.8. The number of carboxylic acids is 1. The molecule has 0 heterocycles. The van der Waals surface area contributed by atoms with Crippen LogP contribution in [0.1, 0.15) is 12.8 Å². The summed E-state index contributed by atoms with van der Waals surface area (Å²) in [5, 5.41) is 38.2. The molecule has 0 aliphatic carbocycles. The normalized spacial score (nSPS) is 11.2. The van der Waals surface area contributed by atoms with E-state index in [4.69, 9.17) is 5.11 Å². The van der Waals surface area contributed by atoms with Gasteiger partial charge in [-0.05, 0) is 24.3 Å². The van der Waals surface area contributed by atoms with Gasteiger partial charge >= 0.3 is 5.97 Å². The minimum atomic E-state index is -1.01. The minimum Gasteiger partial charge on any atom is -0.481 e. The highest BCUT2D eigenvalue weighted by molar-refractivity contribution is 6.31. The summed E-state index contributed by atoms with van der Waals surface area (Å²) in [6, 6.07) is 11.1. The molecule has 0 aromatic heterocycles. The topological polar surface area (TPSA) is 172 Å². The second-order valence-electron chi connectivity index (χ2n) is 5.59. The van der Waals surface area contributed by atoms with E-state index in [9.17, 15) is 25.0 Å². The van der Waals surface area contributed by atoms with Crippen LogP contribution in [0.15, 0.2) is 58.7 Å². The number of hydrazone groups is 2. The van der Waals surface area contributed by atoms with E-state index in [0.717, 1.165) is 0 Å². The molecule has 2 aromatic carbocycles. The van der Waals surface area contributed by atoms with Gasteiger partial charge in [0.15, 0.2) is 0 Å². The first-order valence-corrected chi connectivity index (χ1v) is 8.17. The van der Waals surface area contributed by atoms with Crippen molar-refractivity contribution in [1.29, 1.82) is 0 Å². The molecule has 2 rings (SSSR count). The van der Waals surface area contributed by atoms with Crippen molar-refractivity contribution < 1.29 is 19.7 Å². The van der Waals surface area contributed by atoms with Crippen LogP contribution < -0.4 is 10.9 Å². The lowest BCUT2D eigenvalue weighted by molar-refractivity contribution is -0.385. The Morgan fingerprint density at radius 2 is 1.38 bits per heavy atom. The Labute approximate surface area is 163 Å². The first kappa shape index (κ1) is 21.0. The fourth-order valence-electron chi connectivity index (χ4n) is 2.02. The Bertz CT molecular complexity index is 940. The summed E-state index contributed by atoms with van der Waals surface area (Å²) in [4.78, 5) is 31.1. The van der Waals surface area contributed by atoms with Crippen LogP contribution in [0, 0.1) is 20.2 Å². The Hall–Kier alpha value is -4.35. The van der Waals surface area contributed by atoms with Gasteiger partial charge in [-0.15, -0.1) is 0 Å². The van der Waals surface area contributed by atoms with Crippen molar-refractivity contribution in [2.75, 3.05) is 10.9 Å². The molecule has 0 aliphatic heterocycles. The minimum absolute atomic E-state index is 0.0597. The second-order valence-corrected chi connectivity index (χ2v) is 5.59. The zero-order valence-corrected chi connectivity index (χ0v) is 14.9. The van der Waals surface area contributed by atoms with E-state index >= 15 is 0 Å². The average Bonchev–Trinajstić information content (AvgIpc) is 2.70. The van der Waals surface area contributed by atoms with Gasteiger partial charge in [-0.2, -0.15) is 10.2 Å². The molecule has 0 saturated carbocycles. The highest BCUT2D eigenvalue weighted by atomic mass is 16.6. The predicted octanol–water partition coefficient (Wildman–Crippen LogP) is 3.23. The number of non-ortho nitro benzene ring substituents is 2. The van der Waals surface area contributed by atoms with Gasteiger partial charge < -0.3 is 5.11 Å². The van der Waals surface area contributed by atoms with E-state index in [0.29, 0.717) is 17.1 Å². The van der Waals surface area contributed by atoms with Crippen LogP contribution in [0.5, 0.6) is 0 Å². The van der Waals surface area contributed by atoms with Gasteiger partial charge in [0, 0.05) is 30.7 Å². The fraction of sp³-hybridized carbons (Fsp3) is 0.118. The van der Waals surface area contributed by atoms with E-state index in [1.54, 1.807) is 0 Å². The number of carbonyl (C=O) groups is 1. The van der Waals surface area contributed by atoms with Gasteiger partial charge in [0.25, 0.3) is 11.4 Å². The molecule has 3 N–H and O–H groups in total. The van der Waals surface area contributed by atoms with Gasteiger partial charge in [0.05, 0.1) is 39.6 Å². The lowest BCUT2D eigenvalue weighted by Crippen LogP contribution is -2.08. The summed E-state index contributed by atoms with van der Waals surface area (Å²) in [5.74, 6) is -1.01. The van der Waals surface area contributed by atoms with Crippen LogP contribution in [-0.4, -0.2) is 32.8 Å². The Kier molecular flexibility index (Phi) is 7.30.